The van der Waals surface area contributed by atoms with E-state index in [1.807, 2.05) is 6.07 Å². The topological polar surface area (TPSA) is 147 Å². The van der Waals surface area contributed by atoms with Gasteiger partial charge in [-0.05, 0) is 17.5 Å². The number of aromatic nitrogens is 1. The lowest BCUT2D eigenvalue weighted by Crippen LogP contribution is -2.49. The molecule has 1 unspecified atom stereocenters. The number of piperazine rings is 1. The van der Waals surface area contributed by atoms with E-state index in [2.05, 4.69) is 41.5 Å². The molecule has 0 spiro atoms. The minimum absolute atomic E-state index is 0.00173. The average Bonchev–Trinajstić information content (AvgIpc) is 3.32. The number of alkyl carbamates (subject to hydrolysis) is 1. The molecule has 1 aromatic heterocycles. The Balaban J connectivity index is 0.000000797. The Labute approximate surface area is 243 Å². The number of carbonyl (C=O) groups excluding carboxylic acids is 4. The summed E-state index contributed by atoms with van der Waals surface area (Å²) in [5, 5.41) is 2.42. The maximum Gasteiger partial charge on any atom is 0.414 e. The van der Waals surface area contributed by atoms with Gasteiger partial charge < -0.3 is 30.3 Å². The number of ether oxygens (including phenoxy) is 2. The van der Waals surface area contributed by atoms with Gasteiger partial charge in [0.1, 0.15) is 11.8 Å². The third kappa shape index (κ3) is 10.2. The standard InChI is InChI=1S/C23H25F2N5O5.C4H10.CH3NO/c1-34-22(32)27-13-17-14-30(23(33)35-17)16-10-18(24)21(19(25)11-16)29-7-5-28(6-8-29)20(31)9-15-3-2-4-26-12-15;1-4(2)3;2-1-3/h2-4,10-12,17H,5-9,13-14H2,1H3,(H,27,32);4H,1-3H3;1H,(H2,2,3). The highest BCUT2D eigenvalue weighted by atomic mass is 19.1. The molecule has 3 heterocycles. The number of nitrogens with two attached hydrogens (primary N) is 1. The Kier molecular flexibility index (Phi) is 13.4. The van der Waals surface area contributed by atoms with Crippen molar-refractivity contribution >= 4 is 35.9 Å². The Bertz CT molecular complexity index is 1170. The van der Waals surface area contributed by atoms with Gasteiger partial charge in [0.2, 0.25) is 12.3 Å². The van der Waals surface area contributed by atoms with E-state index in [1.165, 1.54) is 7.11 Å². The van der Waals surface area contributed by atoms with E-state index >= 15 is 0 Å². The monoisotopic (exact) mass is 592 g/mol. The molecule has 1 atom stereocenters. The van der Waals surface area contributed by atoms with Crippen LogP contribution in [0.4, 0.5) is 29.7 Å². The number of primary amides is 1. The Hall–Kier alpha value is -4.49. The molecule has 0 bridgehead atoms. The smallest absolute Gasteiger partial charge is 0.414 e. The SMILES string of the molecule is CC(C)C.COC(=O)NCC1CN(c2cc(F)c(N3CCN(C(=O)Cc4cccnc4)CC3)c(F)c2)C(=O)O1.NC=O. The van der Waals surface area contributed by atoms with Crippen LogP contribution in [-0.4, -0.2) is 86.9 Å². The summed E-state index contributed by atoms with van der Waals surface area (Å²) in [6, 6.07) is 5.74. The van der Waals surface area contributed by atoms with E-state index < -0.39 is 29.9 Å². The molecule has 2 saturated heterocycles. The van der Waals surface area contributed by atoms with Crippen molar-refractivity contribution < 1.29 is 37.4 Å². The number of hydrogen-bond acceptors (Lipinski definition) is 8. The summed E-state index contributed by atoms with van der Waals surface area (Å²) in [6.45, 7) is 7.69. The minimum Gasteiger partial charge on any atom is -0.453 e. The number of benzene rings is 1. The molecule has 4 amide bonds. The first kappa shape index (κ1) is 33.7. The van der Waals surface area contributed by atoms with Crippen LogP contribution in [0.2, 0.25) is 0 Å². The average molecular weight is 593 g/mol. The first-order valence-electron chi connectivity index (χ1n) is 13.4. The third-order valence-electron chi connectivity index (χ3n) is 5.87. The van der Waals surface area contributed by atoms with Crippen molar-refractivity contribution in [3.05, 3.63) is 53.9 Å². The van der Waals surface area contributed by atoms with Crippen molar-refractivity contribution in [2.45, 2.75) is 33.3 Å². The molecule has 2 fully saturated rings. The quantitative estimate of drug-likeness (QED) is 0.487. The lowest BCUT2D eigenvalue weighted by atomic mass is 10.1. The fourth-order valence-electron chi connectivity index (χ4n) is 4.09. The number of pyridine rings is 1. The van der Waals surface area contributed by atoms with Crippen LogP contribution in [0.3, 0.4) is 0 Å². The molecule has 3 N–H and O–H groups in total. The Morgan fingerprint density at radius 2 is 1.79 bits per heavy atom. The number of nitrogens with zero attached hydrogens (tertiary/aromatic N) is 4. The van der Waals surface area contributed by atoms with Crippen molar-refractivity contribution in [3.8, 4) is 0 Å². The van der Waals surface area contributed by atoms with Crippen LogP contribution in [-0.2, 0) is 25.5 Å². The Morgan fingerprint density at radius 3 is 2.31 bits per heavy atom. The summed E-state index contributed by atoms with van der Waals surface area (Å²) in [4.78, 5) is 52.9. The van der Waals surface area contributed by atoms with Crippen LogP contribution in [0.25, 0.3) is 0 Å². The molecule has 2 aromatic rings. The van der Waals surface area contributed by atoms with Crippen molar-refractivity contribution in [1.82, 2.24) is 15.2 Å². The van der Waals surface area contributed by atoms with Crippen molar-refractivity contribution in [2.24, 2.45) is 11.7 Å². The first-order valence-corrected chi connectivity index (χ1v) is 13.4. The lowest BCUT2D eigenvalue weighted by molar-refractivity contribution is -0.130. The van der Waals surface area contributed by atoms with Gasteiger partial charge in [0.25, 0.3) is 0 Å². The number of carbonyl (C=O) groups is 4. The van der Waals surface area contributed by atoms with Crippen molar-refractivity contribution in [1.29, 1.82) is 0 Å². The van der Waals surface area contributed by atoms with E-state index in [4.69, 9.17) is 9.53 Å². The van der Waals surface area contributed by atoms with Crippen LogP contribution in [0.15, 0.2) is 36.7 Å². The number of cyclic esters (lactones) is 1. The van der Waals surface area contributed by atoms with Gasteiger partial charge in [0.05, 0.1) is 32.3 Å². The second-order valence-electron chi connectivity index (χ2n) is 10.0. The predicted octanol–water partition coefficient (Wildman–Crippen LogP) is 2.70. The van der Waals surface area contributed by atoms with E-state index in [-0.39, 0.29) is 56.3 Å². The van der Waals surface area contributed by atoms with E-state index in [0.717, 1.165) is 28.5 Å². The zero-order chi connectivity index (χ0) is 31.2. The van der Waals surface area contributed by atoms with Gasteiger partial charge >= 0.3 is 12.2 Å². The maximum absolute atomic E-state index is 15.0. The molecule has 0 aliphatic carbocycles. The molecule has 1 aromatic carbocycles. The molecule has 42 heavy (non-hydrogen) atoms. The number of rotatable bonds is 6. The van der Waals surface area contributed by atoms with Gasteiger partial charge in [0.15, 0.2) is 11.6 Å². The number of anilines is 2. The van der Waals surface area contributed by atoms with Crippen LogP contribution in [0.5, 0.6) is 0 Å². The van der Waals surface area contributed by atoms with E-state index in [1.54, 1.807) is 28.3 Å². The van der Waals surface area contributed by atoms with Crippen LogP contribution in [0.1, 0.15) is 26.3 Å². The number of nitrogens with one attached hydrogen (secondary N) is 1. The van der Waals surface area contributed by atoms with E-state index in [0.29, 0.717) is 13.1 Å². The van der Waals surface area contributed by atoms with Gasteiger partial charge in [-0.15, -0.1) is 0 Å². The molecule has 14 heteroatoms. The van der Waals surface area contributed by atoms with E-state index in [9.17, 15) is 23.2 Å². The highest BCUT2D eigenvalue weighted by Crippen LogP contribution is 2.31. The summed E-state index contributed by atoms with van der Waals surface area (Å²) in [7, 11) is 1.20. The number of methoxy groups -OCH3 is 1. The van der Waals surface area contributed by atoms with Gasteiger partial charge in [-0.1, -0.05) is 26.8 Å². The van der Waals surface area contributed by atoms with Crippen LogP contribution >= 0.6 is 0 Å². The lowest BCUT2D eigenvalue weighted by Gasteiger charge is -2.36. The molecule has 4 rings (SSSR count). The second-order valence-corrected chi connectivity index (χ2v) is 10.0. The zero-order valence-corrected chi connectivity index (χ0v) is 24.2. The van der Waals surface area contributed by atoms with Crippen molar-refractivity contribution in [3.63, 3.8) is 0 Å². The molecule has 0 radical (unpaired) electrons. The molecule has 2 aliphatic heterocycles. The number of amides is 4. The maximum atomic E-state index is 15.0. The summed E-state index contributed by atoms with van der Waals surface area (Å²) >= 11 is 0. The number of halogens is 2. The van der Waals surface area contributed by atoms with Crippen molar-refractivity contribution in [2.75, 3.05) is 56.2 Å². The molecular formula is C28H38F2N6O6. The fourth-order valence-corrected chi connectivity index (χ4v) is 4.09. The van der Waals surface area contributed by atoms with Gasteiger partial charge in [0, 0.05) is 50.7 Å². The van der Waals surface area contributed by atoms with Gasteiger partial charge in [-0.2, -0.15) is 0 Å². The zero-order valence-electron chi connectivity index (χ0n) is 24.2. The van der Waals surface area contributed by atoms with Crippen LogP contribution < -0.4 is 20.9 Å². The van der Waals surface area contributed by atoms with Gasteiger partial charge in [-0.3, -0.25) is 19.5 Å². The van der Waals surface area contributed by atoms with Crippen LogP contribution in [0, 0.1) is 17.6 Å². The summed E-state index contributed by atoms with van der Waals surface area (Å²) in [5.74, 6) is -0.879. The molecule has 12 nitrogen and oxygen atoms in total. The predicted molar refractivity (Wildman–Crippen MR) is 152 cm³/mol. The summed E-state index contributed by atoms with van der Waals surface area (Å²) in [5.41, 5.74) is 4.78. The normalized spacial score (nSPS) is 16.0. The summed E-state index contributed by atoms with van der Waals surface area (Å²) in [6.07, 6.45) is 1.59. The third-order valence-corrected chi connectivity index (χ3v) is 5.87. The largest absolute Gasteiger partial charge is 0.453 e. The second kappa shape index (κ2) is 16.7. The molecule has 0 saturated carbocycles. The van der Waals surface area contributed by atoms with Gasteiger partial charge in [-0.25, -0.2) is 18.4 Å². The molecule has 2 aliphatic rings. The first-order chi connectivity index (χ1) is 20.0. The fraction of sp³-hybridized carbons (Fsp3) is 0.464. The molecule has 230 valence electrons. The Morgan fingerprint density at radius 1 is 1.19 bits per heavy atom. The molecular weight excluding hydrogens is 554 g/mol. The minimum atomic E-state index is -0.820. The summed E-state index contributed by atoms with van der Waals surface area (Å²) < 4.78 is 39.6. The number of hydrogen-bond donors (Lipinski definition) is 2. The highest BCUT2D eigenvalue weighted by molar-refractivity contribution is 5.90. The highest BCUT2D eigenvalue weighted by Gasteiger charge is 2.34.